The Bertz CT molecular complexity index is 1130. The van der Waals surface area contributed by atoms with Crippen LogP contribution in [0.5, 0.6) is 0 Å². The van der Waals surface area contributed by atoms with Gasteiger partial charge < -0.3 is 14.6 Å². The number of nitrogens with zero attached hydrogens (tertiary/aromatic N) is 3. The fraction of sp³-hybridized carbons (Fsp3) is 0.364. The van der Waals surface area contributed by atoms with Crippen LogP contribution in [0.2, 0.25) is 0 Å². The highest BCUT2D eigenvalue weighted by molar-refractivity contribution is 7.99. The van der Waals surface area contributed by atoms with Gasteiger partial charge >= 0.3 is 0 Å². The standard InChI is InChI=1S/C22H24N4O4S/c27-19(23-10-5-12-25-11-3-9-20(25)28)15-31-22-24-18-8-2-1-7-17(18)21(29)26(22)14-16-6-4-13-30-16/h1-2,4,6-8,13H,3,5,9-12,14-15H2,(H,23,27). The van der Waals surface area contributed by atoms with Gasteiger partial charge in [0.1, 0.15) is 5.76 Å². The van der Waals surface area contributed by atoms with E-state index in [1.807, 2.05) is 11.0 Å². The van der Waals surface area contributed by atoms with E-state index in [4.69, 9.17) is 4.42 Å². The van der Waals surface area contributed by atoms with E-state index in [9.17, 15) is 14.4 Å². The first-order chi connectivity index (χ1) is 15.1. The number of benzene rings is 1. The lowest BCUT2D eigenvalue weighted by Gasteiger charge is -2.15. The molecule has 0 bridgehead atoms. The minimum atomic E-state index is -0.166. The molecular weight excluding hydrogens is 416 g/mol. The van der Waals surface area contributed by atoms with Gasteiger partial charge in [-0.3, -0.25) is 19.0 Å². The zero-order valence-corrected chi connectivity index (χ0v) is 17.9. The fourth-order valence-corrected chi connectivity index (χ4v) is 4.40. The normalized spacial score (nSPS) is 13.8. The summed E-state index contributed by atoms with van der Waals surface area (Å²) >= 11 is 1.22. The molecule has 0 spiro atoms. The monoisotopic (exact) mass is 440 g/mol. The third kappa shape index (κ3) is 5.16. The van der Waals surface area contributed by atoms with Gasteiger partial charge in [0.05, 0.1) is 29.5 Å². The quantitative estimate of drug-likeness (QED) is 0.311. The van der Waals surface area contributed by atoms with Crippen molar-refractivity contribution in [2.24, 2.45) is 0 Å². The van der Waals surface area contributed by atoms with Crippen molar-refractivity contribution in [1.82, 2.24) is 19.8 Å². The van der Waals surface area contributed by atoms with Crippen molar-refractivity contribution < 1.29 is 14.0 Å². The average Bonchev–Trinajstić information content (AvgIpc) is 3.44. The van der Waals surface area contributed by atoms with Crippen LogP contribution in [0.25, 0.3) is 10.9 Å². The van der Waals surface area contributed by atoms with Crippen molar-refractivity contribution in [1.29, 1.82) is 0 Å². The molecule has 0 saturated carbocycles. The minimum Gasteiger partial charge on any atom is -0.467 e. The van der Waals surface area contributed by atoms with Gasteiger partial charge in [-0.1, -0.05) is 23.9 Å². The summed E-state index contributed by atoms with van der Waals surface area (Å²) in [4.78, 5) is 43.4. The van der Waals surface area contributed by atoms with Crippen LogP contribution in [0, 0.1) is 0 Å². The highest BCUT2D eigenvalue weighted by Crippen LogP contribution is 2.19. The molecule has 31 heavy (non-hydrogen) atoms. The summed E-state index contributed by atoms with van der Waals surface area (Å²) in [5.41, 5.74) is 0.432. The number of amides is 2. The van der Waals surface area contributed by atoms with Gasteiger partial charge in [-0.2, -0.15) is 0 Å². The van der Waals surface area contributed by atoms with E-state index in [0.717, 1.165) is 19.4 Å². The molecule has 8 nitrogen and oxygen atoms in total. The number of thioether (sulfide) groups is 1. The molecule has 9 heteroatoms. The summed E-state index contributed by atoms with van der Waals surface area (Å²) in [6.07, 6.45) is 3.83. The van der Waals surface area contributed by atoms with E-state index >= 15 is 0 Å². The van der Waals surface area contributed by atoms with Crippen LogP contribution < -0.4 is 10.9 Å². The lowest BCUT2D eigenvalue weighted by atomic mass is 10.2. The number of hydrogen-bond acceptors (Lipinski definition) is 6. The predicted molar refractivity (Wildman–Crippen MR) is 118 cm³/mol. The van der Waals surface area contributed by atoms with Crippen molar-refractivity contribution in [3.05, 3.63) is 58.8 Å². The number of furan rings is 1. The summed E-state index contributed by atoms with van der Waals surface area (Å²) in [6.45, 7) is 2.23. The fourth-order valence-electron chi connectivity index (χ4n) is 3.57. The van der Waals surface area contributed by atoms with Gasteiger partial charge in [-0.25, -0.2) is 4.98 Å². The van der Waals surface area contributed by atoms with Crippen LogP contribution >= 0.6 is 11.8 Å². The van der Waals surface area contributed by atoms with Crippen LogP contribution in [-0.4, -0.2) is 51.7 Å². The summed E-state index contributed by atoms with van der Waals surface area (Å²) in [5, 5.41) is 3.87. The molecule has 1 aliphatic rings. The van der Waals surface area contributed by atoms with Crippen LogP contribution in [0.3, 0.4) is 0 Å². The first-order valence-corrected chi connectivity index (χ1v) is 11.3. The van der Waals surface area contributed by atoms with E-state index in [2.05, 4.69) is 10.3 Å². The number of aromatic nitrogens is 2. The number of carbonyl (C=O) groups excluding carboxylic acids is 2. The van der Waals surface area contributed by atoms with Crippen molar-refractivity contribution in [2.45, 2.75) is 31.0 Å². The van der Waals surface area contributed by atoms with Gasteiger partial charge in [0.2, 0.25) is 11.8 Å². The second kappa shape index (κ2) is 9.82. The molecule has 0 aliphatic carbocycles. The number of rotatable bonds is 9. The summed E-state index contributed by atoms with van der Waals surface area (Å²) in [5.74, 6) is 0.844. The highest BCUT2D eigenvalue weighted by Gasteiger charge is 2.19. The first kappa shape index (κ1) is 21.2. The molecule has 162 valence electrons. The second-order valence-corrected chi connectivity index (χ2v) is 8.30. The number of carbonyl (C=O) groups is 2. The van der Waals surface area contributed by atoms with E-state index in [1.54, 1.807) is 36.6 Å². The Morgan fingerprint density at radius 2 is 2.06 bits per heavy atom. The minimum absolute atomic E-state index is 0.135. The van der Waals surface area contributed by atoms with Crippen molar-refractivity contribution in [3.63, 3.8) is 0 Å². The molecule has 2 amide bonds. The number of likely N-dealkylation sites (tertiary alicyclic amines) is 1. The third-order valence-corrected chi connectivity index (χ3v) is 6.13. The van der Waals surface area contributed by atoms with Crippen LogP contribution in [0.4, 0.5) is 0 Å². The van der Waals surface area contributed by atoms with Crippen molar-refractivity contribution >= 4 is 34.5 Å². The molecular formula is C22H24N4O4S. The summed E-state index contributed by atoms with van der Waals surface area (Å²) in [6, 6.07) is 10.7. The Labute approximate surface area is 183 Å². The lowest BCUT2D eigenvalue weighted by molar-refractivity contribution is -0.127. The molecule has 1 aliphatic heterocycles. The molecule has 3 aromatic rings. The molecule has 2 aromatic heterocycles. The van der Waals surface area contributed by atoms with E-state index in [1.165, 1.54) is 16.3 Å². The Morgan fingerprint density at radius 3 is 2.84 bits per heavy atom. The van der Waals surface area contributed by atoms with Crippen LogP contribution in [-0.2, 0) is 16.1 Å². The topological polar surface area (TPSA) is 97.4 Å². The summed E-state index contributed by atoms with van der Waals surface area (Å²) < 4.78 is 6.94. The Hall–Kier alpha value is -3.07. The van der Waals surface area contributed by atoms with Gasteiger partial charge in [-0.15, -0.1) is 0 Å². The molecule has 4 rings (SSSR count). The molecule has 0 atom stereocenters. The lowest BCUT2D eigenvalue weighted by Crippen LogP contribution is -2.31. The summed E-state index contributed by atoms with van der Waals surface area (Å²) in [7, 11) is 0. The maximum atomic E-state index is 13.0. The molecule has 1 fully saturated rings. The van der Waals surface area contributed by atoms with E-state index in [-0.39, 0.29) is 29.7 Å². The Morgan fingerprint density at radius 1 is 1.19 bits per heavy atom. The Kier molecular flexibility index (Phi) is 6.71. The first-order valence-electron chi connectivity index (χ1n) is 10.3. The highest BCUT2D eigenvalue weighted by atomic mass is 32.2. The van der Waals surface area contributed by atoms with Crippen molar-refractivity contribution in [2.75, 3.05) is 25.4 Å². The number of nitrogens with one attached hydrogen (secondary N) is 1. The smallest absolute Gasteiger partial charge is 0.262 e. The Balaban J connectivity index is 1.39. The van der Waals surface area contributed by atoms with Gasteiger partial charge in [0.15, 0.2) is 5.16 Å². The van der Waals surface area contributed by atoms with Crippen molar-refractivity contribution in [3.8, 4) is 0 Å². The zero-order valence-electron chi connectivity index (χ0n) is 17.1. The third-order valence-electron chi connectivity index (χ3n) is 5.15. The zero-order chi connectivity index (χ0) is 21.6. The molecule has 1 aromatic carbocycles. The van der Waals surface area contributed by atoms with Gasteiger partial charge in [0.25, 0.3) is 5.56 Å². The van der Waals surface area contributed by atoms with Gasteiger partial charge in [0, 0.05) is 26.1 Å². The number of fused-ring (bicyclic) bond motifs is 1. The molecule has 1 saturated heterocycles. The average molecular weight is 441 g/mol. The van der Waals surface area contributed by atoms with Crippen LogP contribution in [0.15, 0.2) is 57.0 Å². The molecule has 0 radical (unpaired) electrons. The maximum absolute atomic E-state index is 13.0. The van der Waals surface area contributed by atoms with Gasteiger partial charge in [-0.05, 0) is 37.1 Å². The SMILES string of the molecule is O=C(CSc1nc2ccccc2c(=O)n1Cc1ccco1)NCCCN1CCCC1=O. The number of para-hydroxylation sites is 1. The van der Waals surface area contributed by atoms with Crippen LogP contribution in [0.1, 0.15) is 25.0 Å². The predicted octanol–water partition coefficient (Wildman–Crippen LogP) is 2.26. The largest absolute Gasteiger partial charge is 0.467 e. The molecule has 3 heterocycles. The molecule has 1 N–H and O–H groups in total. The number of hydrogen-bond donors (Lipinski definition) is 1. The maximum Gasteiger partial charge on any atom is 0.262 e. The van der Waals surface area contributed by atoms with E-state index < -0.39 is 0 Å². The second-order valence-electron chi connectivity index (χ2n) is 7.36. The molecule has 0 unspecified atom stereocenters. The van der Waals surface area contributed by atoms with E-state index in [0.29, 0.717) is 41.3 Å².